The summed E-state index contributed by atoms with van der Waals surface area (Å²) in [5.74, 6) is 3.47. The van der Waals surface area contributed by atoms with E-state index in [0.717, 1.165) is 23.7 Å². The first-order chi connectivity index (χ1) is 27.9. The lowest BCUT2D eigenvalue weighted by atomic mass is 9.78. The molecule has 306 valence electrons. The highest BCUT2D eigenvalue weighted by molar-refractivity contribution is 5.99. The first-order valence-electron chi connectivity index (χ1n) is 22.8. The molecule has 2 heteroatoms. The Morgan fingerprint density at radius 1 is 0.466 bits per heavy atom. The molecule has 2 fully saturated rings. The number of hydrogen-bond acceptors (Lipinski definition) is 2. The van der Waals surface area contributed by atoms with E-state index < -0.39 is 0 Å². The molecule has 0 amide bonds. The van der Waals surface area contributed by atoms with Gasteiger partial charge in [0, 0.05) is 0 Å². The second-order valence-electron chi connectivity index (χ2n) is 19.0. The Labute approximate surface area is 350 Å². The van der Waals surface area contributed by atoms with Gasteiger partial charge in [-0.3, -0.25) is 0 Å². The lowest BCUT2D eigenvalue weighted by molar-refractivity contribution is -0.0957. The largest absolute Gasteiger partial charge is 0.368 e. The van der Waals surface area contributed by atoms with Gasteiger partial charge in [0.15, 0.2) is 0 Å². The van der Waals surface area contributed by atoms with Gasteiger partial charge >= 0.3 is 0 Å². The van der Waals surface area contributed by atoms with E-state index in [-0.39, 0.29) is 11.2 Å². The van der Waals surface area contributed by atoms with Crippen LogP contribution in [-0.4, -0.2) is 12.2 Å². The third kappa shape index (κ3) is 9.89. The second kappa shape index (κ2) is 18.5. The maximum Gasteiger partial charge on any atom is 0.0879 e. The standard InChI is InChI=1S/C29H36O.C27H34O/c1-5-21(2)22-14-17-26(18-15-22)30-29(3,4)25-16-19-28-24(20-25)12-9-13-27(28)23-10-7-6-8-11-23;1-5-19(2)20-11-14-26(15-12-20)28-27(3,4)25-13-10-23-16-21-8-6-7-9-22(21)17-24(23)18-25/h6-13,16,19-22,26H,5,14-15,17-18H2,1-4H3;6-10,13,16-20,26H,5,11-12,14-15H2,1-4H3. The zero-order valence-electron chi connectivity index (χ0n) is 36.9. The maximum atomic E-state index is 6.69. The van der Waals surface area contributed by atoms with E-state index in [0.29, 0.717) is 12.2 Å². The Balaban J connectivity index is 0.000000177. The predicted octanol–water partition coefficient (Wildman–Crippen LogP) is 16.2. The molecular weight excluding hydrogens is 705 g/mol. The van der Waals surface area contributed by atoms with E-state index in [1.807, 2.05) is 0 Å². The van der Waals surface area contributed by atoms with Crippen LogP contribution in [0.3, 0.4) is 0 Å². The molecule has 0 spiro atoms. The Hall–Kier alpha value is -3.98. The third-order valence-electron chi connectivity index (χ3n) is 14.3. The highest BCUT2D eigenvalue weighted by Crippen LogP contribution is 2.40. The van der Waals surface area contributed by atoms with Gasteiger partial charge in [-0.2, -0.15) is 0 Å². The monoisotopic (exact) mass is 775 g/mol. The SMILES string of the molecule is CCC(C)C1CCC(OC(C)(C)c2ccc3c(-c4ccccc4)cccc3c2)CC1.CCC(C)C1CCC(OC(C)(C)c2ccc3cc4ccccc4cc3c2)CC1. The predicted molar refractivity (Wildman–Crippen MR) is 249 cm³/mol. The molecule has 2 aliphatic carbocycles. The number of hydrogen-bond donors (Lipinski definition) is 0. The summed E-state index contributed by atoms with van der Waals surface area (Å²) >= 11 is 0. The van der Waals surface area contributed by atoms with Crippen LogP contribution in [0.4, 0.5) is 0 Å². The van der Waals surface area contributed by atoms with Gasteiger partial charge < -0.3 is 9.47 Å². The van der Waals surface area contributed by atoms with Crippen LogP contribution in [0, 0.1) is 23.7 Å². The molecule has 2 nitrogen and oxygen atoms in total. The minimum Gasteiger partial charge on any atom is -0.368 e. The number of benzene rings is 6. The molecule has 2 unspecified atom stereocenters. The summed E-state index contributed by atoms with van der Waals surface area (Å²) in [7, 11) is 0. The third-order valence-corrected chi connectivity index (χ3v) is 14.3. The summed E-state index contributed by atoms with van der Waals surface area (Å²) in [4.78, 5) is 0. The molecule has 58 heavy (non-hydrogen) atoms. The highest BCUT2D eigenvalue weighted by Gasteiger charge is 2.32. The molecular formula is C56H70O2. The van der Waals surface area contributed by atoms with E-state index in [2.05, 4.69) is 177 Å². The van der Waals surface area contributed by atoms with Gasteiger partial charge in [0.1, 0.15) is 0 Å². The Morgan fingerprint density at radius 2 is 0.914 bits per heavy atom. The van der Waals surface area contributed by atoms with Crippen LogP contribution in [0.15, 0.2) is 121 Å². The first kappa shape index (κ1) is 42.2. The van der Waals surface area contributed by atoms with Crippen molar-refractivity contribution in [3.63, 3.8) is 0 Å². The smallest absolute Gasteiger partial charge is 0.0879 e. The van der Waals surface area contributed by atoms with Gasteiger partial charge in [-0.25, -0.2) is 0 Å². The average molecular weight is 775 g/mol. The molecule has 0 aromatic heterocycles. The zero-order valence-corrected chi connectivity index (χ0v) is 36.9. The van der Waals surface area contributed by atoms with E-state index >= 15 is 0 Å². The lowest BCUT2D eigenvalue weighted by Gasteiger charge is -2.37. The van der Waals surface area contributed by atoms with Gasteiger partial charge in [-0.15, -0.1) is 0 Å². The van der Waals surface area contributed by atoms with Gasteiger partial charge in [-0.05, 0) is 182 Å². The van der Waals surface area contributed by atoms with Crippen molar-refractivity contribution in [3.8, 4) is 11.1 Å². The van der Waals surface area contributed by atoms with E-state index in [1.54, 1.807) is 0 Å². The Kier molecular flexibility index (Phi) is 13.5. The summed E-state index contributed by atoms with van der Waals surface area (Å²) in [6, 6.07) is 44.2. The lowest BCUT2D eigenvalue weighted by Crippen LogP contribution is -2.32. The molecule has 0 aliphatic heterocycles. The van der Waals surface area contributed by atoms with Crippen LogP contribution >= 0.6 is 0 Å². The minimum absolute atomic E-state index is 0.256. The van der Waals surface area contributed by atoms with Crippen LogP contribution in [-0.2, 0) is 20.7 Å². The zero-order chi connectivity index (χ0) is 40.9. The number of rotatable bonds is 11. The van der Waals surface area contributed by atoms with Crippen LogP contribution in [0.25, 0.3) is 43.4 Å². The quantitative estimate of drug-likeness (QED) is 0.122. The number of fused-ring (bicyclic) bond motifs is 3. The average Bonchev–Trinajstić information content (AvgIpc) is 3.25. The molecule has 0 N–H and O–H groups in total. The Morgan fingerprint density at radius 3 is 1.45 bits per heavy atom. The van der Waals surface area contributed by atoms with E-state index in [4.69, 9.17) is 9.47 Å². The molecule has 0 heterocycles. The van der Waals surface area contributed by atoms with Crippen molar-refractivity contribution in [1.82, 2.24) is 0 Å². The second-order valence-corrected chi connectivity index (χ2v) is 19.0. The molecule has 6 aromatic rings. The van der Waals surface area contributed by atoms with E-state index in [1.165, 1.54) is 119 Å². The molecule has 2 saturated carbocycles. The Bertz CT molecular complexity index is 2230. The van der Waals surface area contributed by atoms with E-state index in [9.17, 15) is 0 Å². The van der Waals surface area contributed by atoms with Crippen LogP contribution < -0.4 is 0 Å². The fourth-order valence-corrected chi connectivity index (χ4v) is 10.0. The summed E-state index contributed by atoms with van der Waals surface area (Å²) < 4.78 is 13.4. The fourth-order valence-electron chi connectivity index (χ4n) is 10.0. The van der Waals surface area contributed by atoms with Gasteiger partial charge in [0.2, 0.25) is 0 Å². The molecule has 0 saturated heterocycles. The molecule has 0 bridgehead atoms. The first-order valence-corrected chi connectivity index (χ1v) is 22.8. The molecule has 6 aromatic carbocycles. The molecule has 0 radical (unpaired) electrons. The van der Waals surface area contributed by atoms with Crippen molar-refractivity contribution in [3.05, 3.63) is 132 Å². The van der Waals surface area contributed by atoms with Crippen molar-refractivity contribution in [2.45, 2.75) is 143 Å². The highest BCUT2D eigenvalue weighted by atomic mass is 16.5. The van der Waals surface area contributed by atoms with Crippen molar-refractivity contribution >= 4 is 32.3 Å². The van der Waals surface area contributed by atoms with Gasteiger partial charge in [0.25, 0.3) is 0 Å². The molecule has 2 aliphatic rings. The van der Waals surface area contributed by atoms with Crippen molar-refractivity contribution in [2.24, 2.45) is 23.7 Å². The topological polar surface area (TPSA) is 18.5 Å². The minimum atomic E-state index is -0.273. The van der Waals surface area contributed by atoms with Crippen molar-refractivity contribution in [1.29, 1.82) is 0 Å². The normalized spacial score (nSPS) is 21.4. The van der Waals surface area contributed by atoms with Crippen molar-refractivity contribution < 1.29 is 9.47 Å². The summed E-state index contributed by atoms with van der Waals surface area (Å²) in [6.07, 6.45) is 13.4. The van der Waals surface area contributed by atoms with Gasteiger partial charge in [0.05, 0.1) is 23.4 Å². The summed E-state index contributed by atoms with van der Waals surface area (Å²) in [5, 5.41) is 7.79. The molecule has 8 rings (SSSR count). The summed E-state index contributed by atoms with van der Waals surface area (Å²) in [6.45, 7) is 18.4. The van der Waals surface area contributed by atoms with Crippen LogP contribution in [0.1, 0.15) is 131 Å². The van der Waals surface area contributed by atoms with Crippen LogP contribution in [0.2, 0.25) is 0 Å². The van der Waals surface area contributed by atoms with Crippen molar-refractivity contribution in [2.75, 3.05) is 0 Å². The maximum absolute atomic E-state index is 6.69. The fraction of sp³-hybridized carbons (Fsp3) is 0.464. The van der Waals surface area contributed by atoms with Crippen LogP contribution in [0.5, 0.6) is 0 Å². The van der Waals surface area contributed by atoms with Gasteiger partial charge in [-0.1, -0.05) is 138 Å². The molecule has 2 atom stereocenters. The number of ether oxygens (including phenoxy) is 2. The summed E-state index contributed by atoms with van der Waals surface area (Å²) in [5.41, 5.74) is 4.58.